The number of aromatic nitrogens is 1. The maximum atomic E-state index is 11.7. The summed E-state index contributed by atoms with van der Waals surface area (Å²) in [4.78, 5) is 27.8. The molecule has 0 aromatic carbocycles. The third kappa shape index (κ3) is 5.54. The summed E-state index contributed by atoms with van der Waals surface area (Å²) in [6.07, 6.45) is 0.585. The van der Waals surface area contributed by atoms with Crippen molar-refractivity contribution in [1.29, 1.82) is 0 Å². The van der Waals surface area contributed by atoms with Gasteiger partial charge in [-0.15, -0.1) is 11.3 Å². The van der Waals surface area contributed by atoms with Gasteiger partial charge in [0, 0.05) is 31.9 Å². The van der Waals surface area contributed by atoms with Gasteiger partial charge in [-0.05, 0) is 13.3 Å². The lowest BCUT2D eigenvalue weighted by Gasteiger charge is -2.18. The van der Waals surface area contributed by atoms with Gasteiger partial charge in [0.05, 0.1) is 11.1 Å². The molecule has 1 aromatic rings. The second-order valence-corrected chi connectivity index (χ2v) is 5.42. The lowest BCUT2D eigenvalue weighted by atomic mass is 10.3. The van der Waals surface area contributed by atoms with Gasteiger partial charge in [0.25, 0.3) is 0 Å². The molecule has 20 heavy (non-hydrogen) atoms. The highest BCUT2D eigenvalue weighted by molar-refractivity contribution is 7.09. The van der Waals surface area contributed by atoms with Crippen LogP contribution < -0.4 is 5.32 Å². The number of nitrogens with zero attached hydrogens (tertiary/aromatic N) is 2. The van der Waals surface area contributed by atoms with E-state index in [1.807, 2.05) is 0 Å². The van der Waals surface area contributed by atoms with Gasteiger partial charge >= 0.3 is 12.0 Å². The van der Waals surface area contributed by atoms with Crippen LogP contribution in [0.5, 0.6) is 0 Å². The number of aromatic carboxylic acids is 1. The fourth-order valence-electron chi connectivity index (χ4n) is 1.42. The number of amides is 2. The smallest absolute Gasteiger partial charge is 0.355 e. The van der Waals surface area contributed by atoms with E-state index in [0.717, 1.165) is 0 Å². The van der Waals surface area contributed by atoms with Crippen LogP contribution in [0.25, 0.3) is 0 Å². The topological polar surface area (TPSA) is 103 Å². The molecule has 112 valence electrons. The van der Waals surface area contributed by atoms with E-state index < -0.39 is 12.1 Å². The second-order valence-electron chi connectivity index (χ2n) is 4.47. The average Bonchev–Trinajstić information content (AvgIpc) is 2.84. The lowest BCUT2D eigenvalue weighted by molar-refractivity contribution is 0.0691. The first-order valence-electron chi connectivity index (χ1n) is 6.25. The first-order chi connectivity index (χ1) is 9.40. The summed E-state index contributed by atoms with van der Waals surface area (Å²) in [7, 11) is 1.66. The van der Waals surface area contributed by atoms with Crippen molar-refractivity contribution >= 4 is 23.3 Å². The van der Waals surface area contributed by atoms with Crippen molar-refractivity contribution in [2.24, 2.45) is 0 Å². The van der Waals surface area contributed by atoms with Gasteiger partial charge in [0.15, 0.2) is 5.69 Å². The van der Waals surface area contributed by atoms with Crippen molar-refractivity contribution in [2.45, 2.75) is 25.9 Å². The molecule has 1 atom stereocenters. The van der Waals surface area contributed by atoms with E-state index in [1.165, 1.54) is 21.6 Å². The number of nitrogens with one attached hydrogen (secondary N) is 1. The second kappa shape index (κ2) is 7.81. The summed E-state index contributed by atoms with van der Waals surface area (Å²) in [6.45, 7) is 2.54. The largest absolute Gasteiger partial charge is 0.476 e. The maximum Gasteiger partial charge on any atom is 0.355 e. The molecule has 1 rings (SSSR count). The van der Waals surface area contributed by atoms with Crippen LogP contribution in [0.4, 0.5) is 4.79 Å². The average molecular weight is 301 g/mol. The number of rotatable bonds is 7. The monoisotopic (exact) mass is 301 g/mol. The number of carboxylic acid groups (broad SMARTS) is 1. The van der Waals surface area contributed by atoms with Gasteiger partial charge in [-0.2, -0.15) is 0 Å². The van der Waals surface area contributed by atoms with Crippen LogP contribution in [-0.4, -0.2) is 58.3 Å². The third-order valence-electron chi connectivity index (χ3n) is 2.61. The molecule has 1 heterocycles. The van der Waals surface area contributed by atoms with E-state index in [4.69, 9.17) is 10.2 Å². The fraction of sp³-hybridized carbons (Fsp3) is 0.583. The number of carbonyl (C=O) groups is 2. The van der Waals surface area contributed by atoms with Gasteiger partial charge in [-0.3, -0.25) is 0 Å². The van der Waals surface area contributed by atoms with E-state index in [2.05, 4.69) is 10.3 Å². The maximum absolute atomic E-state index is 11.7. The number of carbonyl (C=O) groups excluding carboxylic acids is 1. The van der Waals surface area contributed by atoms with Gasteiger partial charge in [-0.1, -0.05) is 0 Å². The fourth-order valence-corrected chi connectivity index (χ4v) is 2.19. The lowest BCUT2D eigenvalue weighted by Crippen LogP contribution is -2.39. The number of aliphatic hydroxyl groups excluding tert-OH is 1. The first kappa shape index (κ1) is 16.4. The first-order valence-corrected chi connectivity index (χ1v) is 7.13. The van der Waals surface area contributed by atoms with Crippen molar-refractivity contribution in [3.05, 3.63) is 16.1 Å². The standard InChI is InChI=1S/C12H19N3O4S/c1-8(16)4-6-15(2)12(19)13-5-3-10-14-9(7-20-10)11(17)18/h7-8,16H,3-6H2,1-2H3,(H,13,19)(H,17,18). The quantitative estimate of drug-likeness (QED) is 0.691. The van der Waals surface area contributed by atoms with Crippen LogP contribution in [0.1, 0.15) is 28.8 Å². The molecule has 3 N–H and O–H groups in total. The zero-order chi connectivity index (χ0) is 15.1. The van der Waals surface area contributed by atoms with Gasteiger partial charge in [0.1, 0.15) is 0 Å². The molecule has 0 bridgehead atoms. The van der Waals surface area contributed by atoms with Crippen LogP contribution in [0.2, 0.25) is 0 Å². The van der Waals surface area contributed by atoms with Crippen LogP contribution in [0.15, 0.2) is 5.38 Å². The van der Waals surface area contributed by atoms with E-state index >= 15 is 0 Å². The van der Waals surface area contributed by atoms with Crippen LogP contribution in [-0.2, 0) is 6.42 Å². The number of aliphatic hydroxyl groups is 1. The van der Waals surface area contributed by atoms with Gasteiger partial charge in [-0.25, -0.2) is 14.6 Å². The van der Waals surface area contributed by atoms with E-state index in [9.17, 15) is 9.59 Å². The summed E-state index contributed by atoms with van der Waals surface area (Å²) in [5, 5.41) is 22.8. The van der Waals surface area contributed by atoms with Gasteiger partial charge in [0.2, 0.25) is 0 Å². The molecule has 0 spiro atoms. The van der Waals surface area contributed by atoms with Crippen molar-refractivity contribution in [3.63, 3.8) is 0 Å². The minimum Gasteiger partial charge on any atom is -0.476 e. The van der Waals surface area contributed by atoms with E-state index in [1.54, 1.807) is 14.0 Å². The molecule has 2 amide bonds. The Morgan fingerprint density at radius 2 is 2.25 bits per heavy atom. The van der Waals surface area contributed by atoms with Crippen molar-refractivity contribution < 1.29 is 19.8 Å². The van der Waals surface area contributed by atoms with Gasteiger partial charge < -0.3 is 20.4 Å². The Morgan fingerprint density at radius 3 is 2.80 bits per heavy atom. The number of carboxylic acids is 1. The Morgan fingerprint density at radius 1 is 1.55 bits per heavy atom. The molecular weight excluding hydrogens is 282 g/mol. The summed E-state index contributed by atoms with van der Waals surface area (Å²) in [5.74, 6) is -1.05. The van der Waals surface area contributed by atoms with Crippen LogP contribution in [0.3, 0.4) is 0 Å². The Labute approximate surface area is 121 Å². The Hall–Kier alpha value is -1.67. The summed E-state index contributed by atoms with van der Waals surface area (Å²) in [6, 6.07) is -0.222. The minimum atomic E-state index is -1.05. The molecule has 0 aliphatic heterocycles. The molecule has 0 saturated heterocycles. The predicted octanol–water partition coefficient (Wildman–Crippen LogP) is 0.796. The molecule has 0 aliphatic carbocycles. The SMILES string of the molecule is CC(O)CCN(C)C(=O)NCCc1nc(C(=O)O)cs1. The molecular formula is C12H19N3O4S. The van der Waals surface area contributed by atoms with E-state index in [0.29, 0.717) is 30.9 Å². The minimum absolute atomic E-state index is 0.0328. The normalized spacial score (nSPS) is 11.9. The predicted molar refractivity (Wildman–Crippen MR) is 75.1 cm³/mol. The highest BCUT2D eigenvalue weighted by atomic mass is 32.1. The summed E-state index contributed by atoms with van der Waals surface area (Å²) < 4.78 is 0. The number of urea groups is 1. The molecule has 0 fully saturated rings. The Kier molecular flexibility index (Phi) is 6.40. The molecule has 0 saturated carbocycles. The van der Waals surface area contributed by atoms with Crippen molar-refractivity contribution in [2.75, 3.05) is 20.1 Å². The molecule has 0 radical (unpaired) electrons. The van der Waals surface area contributed by atoms with Crippen LogP contribution in [0, 0.1) is 0 Å². The van der Waals surface area contributed by atoms with E-state index in [-0.39, 0.29) is 11.7 Å². The molecule has 1 aromatic heterocycles. The zero-order valence-electron chi connectivity index (χ0n) is 11.5. The van der Waals surface area contributed by atoms with Crippen LogP contribution >= 0.6 is 11.3 Å². The molecule has 1 unspecified atom stereocenters. The summed E-state index contributed by atoms with van der Waals surface area (Å²) in [5.41, 5.74) is 0.0328. The van der Waals surface area contributed by atoms with Crippen molar-refractivity contribution in [3.8, 4) is 0 Å². The molecule has 7 nitrogen and oxygen atoms in total. The number of hydrogen-bond donors (Lipinski definition) is 3. The Bertz CT molecular complexity index is 461. The highest BCUT2D eigenvalue weighted by Gasteiger charge is 2.11. The number of hydrogen-bond acceptors (Lipinski definition) is 5. The Balaban J connectivity index is 2.28. The highest BCUT2D eigenvalue weighted by Crippen LogP contribution is 2.09. The third-order valence-corrected chi connectivity index (χ3v) is 3.52. The molecule has 0 aliphatic rings. The summed E-state index contributed by atoms with van der Waals surface area (Å²) >= 11 is 1.26. The number of thiazole rings is 1. The zero-order valence-corrected chi connectivity index (χ0v) is 12.3. The molecule has 8 heteroatoms. The van der Waals surface area contributed by atoms with Crippen molar-refractivity contribution in [1.82, 2.24) is 15.2 Å².